The Labute approximate surface area is 78.2 Å². The number of nitrogens with zero attached hydrogens (tertiary/aromatic N) is 2. The van der Waals surface area contributed by atoms with E-state index in [1.807, 2.05) is 0 Å². The first-order valence-electron chi connectivity index (χ1n) is 3.06. The van der Waals surface area contributed by atoms with Crippen LogP contribution in [0.1, 0.15) is 6.92 Å². The fourth-order valence-corrected chi connectivity index (χ4v) is 1.44. The van der Waals surface area contributed by atoms with Gasteiger partial charge in [0.25, 0.3) is 0 Å². The Bertz CT molecular complexity index is 286. The number of rotatable bonds is 1. The lowest BCUT2D eigenvalue weighted by atomic mass is 10.4. The Morgan fingerprint density at radius 3 is 2.67 bits per heavy atom. The highest BCUT2D eigenvalue weighted by atomic mass is 35.5. The van der Waals surface area contributed by atoms with Crippen LogP contribution >= 0.6 is 23.2 Å². The molecule has 0 amide bonds. The van der Waals surface area contributed by atoms with Crippen LogP contribution in [-0.2, 0) is 0 Å². The van der Waals surface area contributed by atoms with Crippen molar-refractivity contribution >= 4 is 28.4 Å². The van der Waals surface area contributed by atoms with Gasteiger partial charge in [0.05, 0.1) is 4.92 Å². The fourth-order valence-electron chi connectivity index (χ4n) is 0.761. The summed E-state index contributed by atoms with van der Waals surface area (Å²) in [4.78, 5) is 13.4. The van der Waals surface area contributed by atoms with Gasteiger partial charge in [-0.2, -0.15) is 0 Å². The largest absolute Gasteiger partial charge is 0.349 e. The Morgan fingerprint density at radius 2 is 2.25 bits per heavy atom. The summed E-state index contributed by atoms with van der Waals surface area (Å²) in [6.45, 7) is 1.68. The highest BCUT2D eigenvalue weighted by Crippen LogP contribution is 2.17. The predicted molar refractivity (Wildman–Crippen MR) is 45.8 cm³/mol. The molecule has 0 aliphatic carbocycles. The van der Waals surface area contributed by atoms with E-state index < -0.39 is 4.92 Å². The number of nitrogens with one attached hydrogen (secondary N) is 1. The van der Waals surface area contributed by atoms with Crippen molar-refractivity contribution in [2.24, 2.45) is 4.99 Å². The van der Waals surface area contributed by atoms with Gasteiger partial charge in [0, 0.05) is 0 Å². The minimum atomic E-state index is -0.674. The molecule has 0 aromatic rings. The lowest BCUT2D eigenvalue weighted by Crippen LogP contribution is -2.30. The third kappa shape index (κ3) is 1.67. The number of hydrogen-bond donors (Lipinski definition) is 1. The summed E-state index contributed by atoms with van der Waals surface area (Å²) < 4.78 is 0. The van der Waals surface area contributed by atoms with Crippen molar-refractivity contribution in [1.82, 2.24) is 5.32 Å². The molecule has 1 heterocycles. The maximum absolute atomic E-state index is 10.3. The second-order valence-corrected chi connectivity index (χ2v) is 2.90. The molecule has 1 unspecified atom stereocenters. The van der Waals surface area contributed by atoms with E-state index in [-0.39, 0.29) is 22.2 Å². The molecule has 0 aromatic heterocycles. The van der Waals surface area contributed by atoms with Gasteiger partial charge < -0.3 is 5.32 Å². The molecule has 1 atom stereocenters. The van der Waals surface area contributed by atoms with E-state index in [0.717, 1.165) is 0 Å². The van der Waals surface area contributed by atoms with Gasteiger partial charge >= 0.3 is 5.70 Å². The minimum Gasteiger partial charge on any atom is -0.349 e. The van der Waals surface area contributed by atoms with E-state index >= 15 is 0 Å². The molecule has 0 spiro atoms. The molecule has 0 saturated heterocycles. The van der Waals surface area contributed by atoms with Crippen molar-refractivity contribution in [3.8, 4) is 0 Å². The zero-order chi connectivity index (χ0) is 9.30. The number of halogens is 2. The highest BCUT2D eigenvalue weighted by molar-refractivity contribution is 6.69. The molecular weight excluding hydrogens is 205 g/mol. The topological polar surface area (TPSA) is 67.5 Å². The summed E-state index contributed by atoms with van der Waals surface area (Å²) in [5.74, 6) is 0. The second kappa shape index (κ2) is 3.28. The smallest absolute Gasteiger partial charge is 0.340 e. The van der Waals surface area contributed by atoms with Crippen molar-refractivity contribution in [3.05, 3.63) is 21.0 Å². The standard InChI is InChI=1S/C5H5Cl2N3O2/c1-2-8-4(6)3(10(11)12)5(7)9-2/h2,8H,1H3. The molecule has 0 radical (unpaired) electrons. The first-order chi connectivity index (χ1) is 5.52. The Morgan fingerprint density at radius 1 is 1.67 bits per heavy atom. The number of nitro groups is 1. The van der Waals surface area contributed by atoms with Crippen LogP contribution in [0.4, 0.5) is 0 Å². The maximum atomic E-state index is 10.3. The van der Waals surface area contributed by atoms with E-state index in [4.69, 9.17) is 23.2 Å². The van der Waals surface area contributed by atoms with Gasteiger partial charge in [-0.05, 0) is 6.92 Å². The van der Waals surface area contributed by atoms with Crippen LogP contribution in [0, 0.1) is 10.1 Å². The molecule has 0 saturated carbocycles. The molecule has 1 rings (SSSR count). The van der Waals surface area contributed by atoms with Gasteiger partial charge in [-0.25, -0.2) is 4.99 Å². The van der Waals surface area contributed by atoms with Crippen LogP contribution < -0.4 is 5.32 Å². The van der Waals surface area contributed by atoms with Crippen molar-refractivity contribution in [2.75, 3.05) is 0 Å². The van der Waals surface area contributed by atoms with E-state index in [1.165, 1.54) is 0 Å². The third-order valence-electron chi connectivity index (χ3n) is 1.23. The molecule has 5 nitrogen and oxygen atoms in total. The summed E-state index contributed by atoms with van der Waals surface area (Å²) >= 11 is 11.0. The highest BCUT2D eigenvalue weighted by Gasteiger charge is 2.28. The average molecular weight is 210 g/mol. The van der Waals surface area contributed by atoms with Gasteiger partial charge in [0.15, 0.2) is 5.16 Å². The van der Waals surface area contributed by atoms with Gasteiger partial charge in [-0.15, -0.1) is 0 Å². The molecule has 0 fully saturated rings. The van der Waals surface area contributed by atoms with Crippen LogP contribution in [0.2, 0.25) is 0 Å². The molecule has 7 heteroatoms. The molecule has 1 N–H and O–H groups in total. The first kappa shape index (κ1) is 9.28. The van der Waals surface area contributed by atoms with Crippen LogP contribution in [0.25, 0.3) is 0 Å². The zero-order valence-electron chi connectivity index (χ0n) is 6.04. The lowest BCUT2D eigenvalue weighted by molar-refractivity contribution is -0.415. The Balaban J connectivity index is 3.05. The number of aliphatic imine (C=N–C) groups is 1. The fraction of sp³-hybridized carbons (Fsp3) is 0.400. The average Bonchev–Trinajstić information content (AvgIpc) is 1.82. The van der Waals surface area contributed by atoms with E-state index in [9.17, 15) is 10.1 Å². The van der Waals surface area contributed by atoms with Crippen LogP contribution in [0.3, 0.4) is 0 Å². The molecule has 1 aliphatic heterocycles. The van der Waals surface area contributed by atoms with Crippen molar-refractivity contribution < 1.29 is 4.92 Å². The predicted octanol–water partition coefficient (Wildman–Crippen LogP) is 1.26. The summed E-state index contributed by atoms with van der Waals surface area (Å²) in [5.41, 5.74) is -0.378. The molecule has 1 aliphatic rings. The summed E-state index contributed by atoms with van der Waals surface area (Å²) in [7, 11) is 0. The quantitative estimate of drug-likeness (QED) is 0.402. The molecule has 0 aromatic carbocycles. The first-order valence-corrected chi connectivity index (χ1v) is 3.82. The molecule has 12 heavy (non-hydrogen) atoms. The van der Waals surface area contributed by atoms with Crippen LogP contribution in [0.15, 0.2) is 15.8 Å². The molecule has 66 valence electrons. The maximum Gasteiger partial charge on any atom is 0.340 e. The second-order valence-electron chi connectivity index (χ2n) is 2.16. The Kier molecular flexibility index (Phi) is 2.54. The van der Waals surface area contributed by atoms with Gasteiger partial charge in [-0.1, -0.05) is 23.2 Å². The van der Waals surface area contributed by atoms with Crippen molar-refractivity contribution in [1.29, 1.82) is 0 Å². The number of allylic oxidation sites excluding steroid dienone is 1. The zero-order valence-corrected chi connectivity index (χ0v) is 7.56. The molecule has 0 bridgehead atoms. The third-order valence-corrected chi connectivity index (χ3v) is 1.79. The van der Waals surface area contributed by atoms with Gasteiger partial charge in [-0.3, -0.25) is 10.1 Å². The summed E-state index contributed by atoms with van der Waals surface area (Å²) in [6.07, 6.45) is -0.325. The minimum absolute atomic E-state index is 0.0764. The van der Waals surface area contributed by atoms with Crippen molar-refractivity contribution in [2.45, 2.75) is 13.1 Å². The SMILES string of the molecule is CC1N=C(Cl)C([N+](=O)[O-])=C(Cl)N1. The van der Waals surface area contributed by atoms with E-state index in [2.05, 4.69) is 10.3 Å². The summed E-state index contributed by atoms with van der Waals surface area (Å²) in [6, 6.07) is 0. The number of hydrogen-bond acceptors (Lipinski definition) is 4. The lowest BCUT2D eigenvalue weighted by Gasteiger charge is -2.14. The Hall–Kier alpha value is -0.810. The van der Waals surface area contributed by atoms with Crippen molar-refractivity contribution in [3.63, 3.8) is 0 Å². The monoisotopic (exact) mass is 209 g/mol. The van der Waals surface area contributed by atoms with Crippen LogP contribution in [-0.4, -0.2) is 16.3 Å². The van der Waals surface area contributed by atoms with Gasteiger partial charge in [0.1, 0.15) is 6.17 Å². The normalized spacial score (nSPS) is 23.2. The van der Waals surface area contributed by atoms with Gasteiger partial charge in [0.2, 0.25) is 5.17 Å². The molecular formula is C5H5Cl2N3O2. The van der Waals surface area contributed by atoms with E-state index in [1.54, 1.807) is 6.92 Å². The van der Waals surface area contributed by atoms with E-state index in [0.29, 0.717) is 0 Å². The summed E-state index contributed by atoms with van der Waals surface area (Å²) in [5, 5.41) is 12.7. The van der Waals surface area contributed by atoms with Crippen LogP contribution in [0.5, 0.6) is 0 Å².